The Bertz CT molecular complexity index is 386. The van der Waals surface area contributed by atoms with Crippen molar-refractivity contribution in [3.8, 4) is 0 Å². The summed E-state index contributed by atoms with van der Waals surface area (Å²) in [6.45, 7) is 7.96. The van der Waals surface area contributed by atoms with E-state index in [1.54, 1.807) is 0 Å². The molecule has 2 nitrogen and oxygen atoms in total. The normalized spacial score (nSPS) is 26.1. The van der Waals surface area contributed by atoms with Crippen LogP contribution in [0.2, 0.25) is 0 Å². The van der Waals surface area contributed by atoms with Gasteiger partial charge in [0.05, 0.1) is 0 Å². The largest absolute Gasteiger partial charge is 0.368 e. The third kappa shape index (κ3) is 3.05. The monoisotopic (exact) mass is 246 g/mol. The Morgan fingerprint density at radius 3 is 2.72 bits per heavy atom. The maximum absolute atomic E-state index is 5.97. The molecule has 0 radical (unpaired) electrons. The maximum atomic E-state index is 5.97. The first-order chi connectivity index (χ1) is 8.58. The first kappa shape index (κ1) is 13.4. The average Bonchev–Trinajstić information content (AvgIpc) is 2.32. The molecule has 18 heavy (non-hydrogen) atoms. The van der Waals surface area contributed by atoms with Gasteiger partial charge in [-0.05, 0) is 50.7 Å². The smallest absolute Gasteiger partial charge is 0.0401 e. The summed E-state index contributed by atoms with van der Waals surface area (Å²) in [6.07, 6.45) is 3.62. The van der Waals surface area contributed by atoms with Crippen molar-refractivity contribution in [1.82, 2.24) is 0 Å². The van der Waals surface area contributed by atoms with Crippen LogP contribution in [0.25, 0.3) is 0 Å². The number of nitrogens with two attached hydrogens (primary N) is 1. The summed E-state index contributed by atoms with van der Waals surface area (Å²) >= 11 is 0. The van der Waals surface area contributed by atoms with E-state index in [2.05, 4.69) is 49.9 Å². The van der Waals surface area contributed by atoms with Gasteiger partial charge < -0.3 is 10.6 Å². The number of anilines is 1. The molecule has 0 spiro atoms. The molecular formula is C16H26N2. The lowest BCUT2D eigenvalue weighted by Gasteiger charge is -2.39. The predicted molar refractivity (Wildman–Crippen MR) is 79.0 cm³/mol. The van der Waals surface area contributed by atoms with Crippen molar-refractivity contribution in [3.63, 3.8) is 0 Å². The second kappa shape index (κ2) is 5.75. The fourth-order valence-electron chi connectivity index (χ4n) is 2.93. The number of piperidine rings is 1. The van der Waals surface area contributed by atoms with E-state index in [0.717, 1.165) is 12.3 Å². The molecule has 1 aromatic rings. The highest BCUT2D eigenvalue weighted by Crippen LogP contribution is 2.30. The minimum atomic E-state index is 0.226. The lowest BCUT2D eigenvalue weighted by atomic mass is 9.93. The van der Waals surface area contributed by atoms with E-state index in [-0.39, 0.29) is 6.04 Å². The van der Waals surface area contributed by atoms with E-state index in [1.807, 2.05) is 0 Å². The molecule has 2 rings (SSSR count). The van der Waals surface area contributed by atoms with E-state index in [1.165, 1.54) is 30.6 Å². The second-order valence-corrected chi connectivity index (χ2v) is 5.99. The first-order valence-corrected chi connectivity index (χ1v) is 7.18. The number of hydrogen-bond donors (Lipinski definition) is 1. The van der Waals surface area contributed by atoms with E-state index in [9.17, 15) is 0 Å². The summed E-state index contributed by atoms with van der Waals surface area (Å²) in [5, 5.41) is 0. The fourth-order valence-corrected chi connectivity index (χ4v) is 2.93. The molecule has 100 valence electrons. The first-order valence-electron chi connectivity index (χ1n) is 7.18. The van der Waals surface area contributed by atoms with Crippen molar-refractivity contribution in [2.75, 3.05) is 11.4 Å². The molecular weight excluding hydrogens is 220 g/mol. The molecule has 1 heterocycles. The van der Waals surface area contributed by atoms with Crippen molar-refractivity contribution in [2.45, 2.75) is 52.1 Å². The molecule has 1 aliphatic rings. The SMILES string of the molecule is CC(N)Cc1ccccc1N1CC(C)CCC1C. The molecule has 2 N–H and O–H groups in total. The van der Waals surface area contributed by atoms with Gasteiger partial charge in [0.25, 0.3) is 0 Å². The maximum Gasteiger partial charge on any atom is 0.0401 e. The highest BCUT2D eigenvalue weighted by molar-refractivity contribution is 5.55. The molecule has 3 atom stereocenters. The molecule has 2 heteroatoms. The minimum absolute atomic E-state index is 0.226. The van der Waals surface area contributed by atoms with Crippen molar-refractivity contribution in [1.29, 1.82) is 0 Å². The molecule has 0 saturated carbocycles. The third-order valence-corrected chi connectivity index (χ3v) is 3.96. The summed E-state index contributed by atoms with van der Waals surface area (Å²) in [7, 11) is 0. The van der Waals surface area contributed by atoms with Crippen LogP contribution in [0.1, 0.15) is 39.2 Å². The summed E-state index contributed by atoms with van der Waals surface area (Å²) in [5.74, 6) is 0.796. The lowest BCUT2D eigenvalue weighted by Crippen LogP contribution is -2.41. The van der Waals surface area contributed by atoms with Crippen molar-refractivity contribution in [2.24, 2.45) is 11.7 Å². The Hall–Kier alpha value is -1.02. The number of hydrogen-bond acceptors (Lipinski definition) is 2. The minimum Gasteiger partial charge on any atom is -0.368 e. The van der Waals surface area contributed by atoms with Gasteiger partial charge in [-0.3, -0.25) is 0 Å². The molecule has 1 fully saturated rings. The number of rotatable bonds is 3. The average molecular weight is 246 g/mol. The highest BCUT2D eigenvalue weighted by atomic mass is 15.2. The molecule has 1 aromatic carbocycles. The van der Waals surface area contributed by atoms with Gasteiger partial charge in [0.15, 0.2) is 0 Å². The molecule has 0 bridgehead atoms. The van der Waals surface area contributed by atoms with Gasteiger partial charge in [-0.1, -0.05) is 25.1 Å². The Morgan fingerprint density at radius 1 is 1.28 bits per heavy atom. The van der Waals surface area contributed by atoms with Crippen LogP contribution in [0.15, 0.2) is 24.3 Å². The summed E-state index contributed by atoms with van der Waals surface area (Å²) in [6, 6.07) is 9.63. The van der Waals surface area contributed by atoms with Gasteiger partial charge >= 0.3 is 0 Å². The predicted octanol–water partition coefficient (Wildman–Crippen LogP) is 3.20. The van der Waals surface area contributed by atoms with E-state index in [4.69, 9.17) is 5.73 Å². The van der Waals surface area contributed by atoms with Crippen LogP contribution >= 0.6 is 0 Å². The number of para-hydroxylation sites is 1. The lowest BCUT2D eigenvalue weighted by molar-refractivity contribution is 0.389. The van der Waals surface area contributed by atoms with Gasteiger partial charge in [0.1, 0.15) is 0 Å². The molecule has 1 aliphatic heterocycles. The van der Waals surface area contributed by atoms with E-state index < -0.39 is 0 Å². The van der Waals surface area contributed by atoms with Gasteiger partial charge in [0.2, 0.25) is 0 Å². The van der Waals surface area contributed by atoms with Crippen LogP contribution in [0, 0.1) is 5.92 Å². The van der Waals surface area contributed by atoms with Crippen LogP contribution < -0.4 is 10.6 Å². The highest BCUT2D eigenvalue weighted by Gasteiger charge is 2.24. The summed E-state index contributed by atoms with van der Waals surface area (Å²) < 4.78 is 0. The second-order valence-electron chi connectivity index (χ2n) is 5.99. The molecule has 0 amide bonds. The van der Waals surface area contributed by atoms with Crippen molar-refractivity contribution >= 4 is 5.69 Å². The number of benzene rings is 1. The number of nitrogens with zero attached hydrogens (tertiary/aromatic N) is 1. The zero-order valence-electron chi connectivity index (χ0n) is 11.9. The Kier molecular flexibility index (Phi) is 4.28. The van der Waals surface area contributed by atoms with Gasteiger partial charge in [-0.15, -0.1) is 0 Å². The van der Waals surface area contributed by atoms with E-state index in [0.29, 0.717) is 6.04 Å². The molecule has 0 aliphatic carbocycles. The standard InChI is InChI=1S/C16H26N2/c1-12-8-9-14(3)18(11-12)16-7-5-4-6-15(16)10-13(2)17/h4-7,12-14H,8-11,17H2,1-3H3. The van der Waals surface area contributed by atoms with Crippen molar-refractivity contribution in [3.05, 3.63) is 29.8 Å². The quantitative estimate of drug-likeness (QED) is 0.887. The summed E-state index contributed by atoms with van der Waals surface area (Å²) in [4.78, 5) is 2.58. The van der Waals surface area contributed by atoms with Crippen molar-refractivity contribution < 1.29 is 0 Å². The van der Waals surface area contributed by atoms with Crippen LogP contribution in [-0.2, 0) is 6.42 Å². The van der Waals surface area contributed by atoms with Crippen LogP contribution in [0.3, 0.4) is 0 Å². The topological polar surface area (TPSA) is 29.3 Å². The summed E-state index contributed by atoms with van der Waals surface area (Å²) in [5.41, 5.74) is 8.76. The van der Waals surface area contributed by atoms with E-state index >= 15 is 0 Å². The Balaban J connectivity index is 2.25. The Labute approximate surface area is 111 Å². The Morgan fingerprint density at radius 2 is 2.00 bits per heavy atom. The zero-order valence-corrected chi connectivity index (χ0v) is 11.9. The van der Waals surface area contributed by atoms with Crippen LogP contribution in [-0.4, -0.2) is 18.6 Å². The molecule has 1 saturated heterocycles. The molecule has 3 unspecified atom stereocenters. The van der Waals surface area contributed by atoms with Gasteiger partial charge in [-0.2, -0.15) is 0 Å². The third-order valence-electron chi connectivity index (χ3n) is 3.96. The van der Waals surface area contributed by atoms with Crippen LogP contribution in [0.4, 0.5) is 5.69 Å². The zero-order chi connectivity index (χ0) is 13.1. The van der Waals surface area contributed by atoms with Crippen LogP contribution in [0.5, 0.6) is 0 Å². The molecule has 0 aromatic heterocycles. The van der Waals surface area contributed by atoms with Gasteiger partial charge in [-0.25, -0.2) is 0 Å². The van der Waals surface area contributed by atoms with Gasteiger partial charge in [0, 0.05) is 24.3 Å². The fraction of sp³-hybridized carbons (Fsp3) is 0.625.